The lowest BCUT2D eigenvalue weighted by Gasteiger charge is -2.17. The lowest BCUT2D eigenvalue weighted by atomic mass is 10.1. The second-order valence-corrected chi connectivity index (χ2v) is 4.03. The van der Waals surface area contributed by atoms with E-state index >= 15 is 0 Å². The van der Waals surface area contributed by atoms with Gasteiger partial charge in [-0.3, -0.25) is 14.9 Å². The summed E-state index contributed by atoms with van der Waals surface area (Å²) in [6, 6.07) is 2.84. The van der Waals surface area contributed by atoms with Crippen molar-refractivity contribution in [2.75, 3.05) is 5.32 Å². The van der Waals surface area contributed by atoms with Crippen LogP contribution in [0.4, 0.5) is 20.2 Å². The van der Waals surface area contributed by atoms with Crippen LogP contribution in [-0.2, 0) is 10.7 Å². The number of benzene rings is 1. The number of carbonyl (C=O) groups is 1. The number of aldehydes is 1. The molecule has 0 aliphatic heterocycles. The van der Waals surface area contributed by atoms with Gasteiger partial charge in [-0.2, -0.15) is 8.78 Å². The minimum absolute atomic E-state index is 0.00713. The van der Waals surface area contributed by atoms with E-state index < -0.39 is 28.4 Å². The van der Waals surface area contributed by atoms with Crippen LogP contribution in [0.5, 0.6) is 0 Å². The fourth-order valence-electron chi connectivity index (χ4n) is 1.42. The SMILES string of the molecule is CC(C)Nc1ccc([N+](=O)[O-])cc1C(F)(F)C=O. The number of non-ortho nitro benzene ring substituents is 1. The van der Waals surface area contributed by atoms with E-state index in [0.717, 1.165) is 6.07 Å². The van der Waals surface area contributed by atoms with Crippen LogP contribution >= 0.6 is 0 Å². The summed E-state index contributed by atoms with van der Waals surface area (Å²) in [5, 5.41) is 13.3. The molecule has 5 nitrogen and oxygen atoms in total. The number of carbonyl (C=O) groups excluding carboxylic acids is 1. The van der Waals surface area contributed by atoms with Crippen molar-refractivity contribution >= 4 is 17.7 Å². The molecule has 1 aromatic rings. The third-order valence-electron chi connectivity index (χ3n) is 2.17. The highest BCUT2D eigenvalue weighted by atomic mass is 19.3. The Labute approximate surface area is 102 Å². The third kappa shape index (κ3) is 2.99. The first-order valence-corrected chi connectivity index (χ1v) is 5.17. The molecule has 0 heterocycles. The first-order valence-electron chi connectivity index (χ1n) is 5.17. The highest BCUT2D eigenvalue weighted by Crippen LogP contribution is 2.34. The number of nitrogens with zero attached hydrogens (tertiary/aromatic N) is 1. The normalized spacial score (nSPS) is 11.4. The zero-order valence-corrected chi connectivity index (χ0v) is 9.81. The molecule has 0 bridgehead atoms. The fraction of sp³-hybridized carbons (Fsp3) is 0.364. The number of halogens is 2. The smallest absolute Gasteiger partial charge is 0.329 e. The predicted molar refractivity (Wildman–Crippen MR) is 61.8 cm³/mol. The lowest BCUT2D eigenvalue weighted by molar-refractivity contribution is -0.385. The zero-order chi connectivity index (χ0) is 13.9. The number of anilines is 1. The molecular weight excluding hydrogens is 246 g/mol. The number of nitro benzene ring substituents is 1. The van der Waals surface area contributed by atoms with Gasteiger partial charge < -0.3 is 5.32 Å². The molecule has 0 unspecified atom stereocenters. The molecule has 0 saturated heterocycles. The Morgan fingerprint density at radius 2 is 2.06 bits per heavy atom. The van der Waals surface area contributed by atoms with Crippen LogP contribution in [0, 0.1) is 10.1 Å². The van der Waals surface area contributed by atoms with E-state index in [1.807, 2.05) is 0 Å². The Balaban J connectivity index is 3.35. The van der Waals surface area contributed by atoms with Crippen molar-refractivity contribution in [3.8, 4) is 0 Å². The van der Waals surface area contributed by atoms with Gasteiger partial charge in [0.2, 0.25) is 0 Å². The maximum absolute atomic E-state index is 13.4. The Hall–Kier alpha value is -2.05. The lowest BCUT2D eigenvalue weighted by Crippen LogP contribution is -2.20. The Bertz CT molecular complexity index is 475. The monoisotopic (exact) mass is 258 g/mol. The third-order valence-corrected chi connectivity index (χ3v) is 2.17. The molecule has 0 fully saturated rings. The Morgan fingerprint density at radius 1 is 1.44 bits per heavy atom. The van der Waals surface area contributed by atoms with Gasteiger partial charge in [0.05, 0.1) is 10.5 Å². The highest BCUT2D eigenvalue weighted by Gasteiger charge is 2.35. The summed E-state index contributed by atoms with van der Waals surface area (Å²) in [6.07, 6.45) is -0.530. The van der Waals surface area contributed by atoms with Crippen molar-refractivity contribution < 1.29 is 18.5 Å². The molecule has 7 heteroatoms. The standard InChI is InChI=1S/C11H12F2N2O3/c1-7(2)14-10-4-3-8(15(17)18)5-9(10)11(12,13)6-16/h3-7,14H,1-2H3. The van der Waals surface area contributed by atoms with Crippen molar-refractivity contribution in [3.05, 3.63) is 33.9 Å². The molecule has 0 radical (unpaired) electrons. The Morgan fingerprint density at radius 3 is 2.50 bits per heavy atom. The van der Waals surface area contributed by atoms with Crippen LogP contribution in [0.15, 0.2) is 18.2 Å². The van der Waals surface area contributed by atoms with Crippen LogP contribution in [-0.4, -0.2) is 17.3 Å². The van der Waals surface area contributed by atoms with Crippen LogP contribution in [0.1, 0.15) is 19.4 Å². The molecule has 0 amide bonds. The number of nitrogens with one attached hydrogen (secondary N) is 1. The molecule has 0 atom stereocenters. The van der Waals surface area contributed by atoms with Gasteiger partial charge in [-0.15, -0.1) is 0 Å². The average molecular weight is 258 g/mol. The molecule has 18 heavy (non-hydrogen) atoms. The minimum atomic E-state index is -3.76. The summed E-state index contributed by atoms with van der Waals surface area (Å²) >= 11 is 0. The zero-order valence-electron chi connectivity index (χ0n) is 9.81. The van der Waals surface area contributed by atoms with Crippen LogP contribution in [0.25, 0.3) is 0 Å². The molecule has 0 aliphatic carbocycles. The quantitative estimate of drug-likeness (QED) is 0.500. The number of hydrogen-bond acceptors (Lipinski definition) is 4. The fourth-order valence-corrected chi connectivity index (χ4v) is 1.42. The number of nitro groups is 1. The van der Waals surface area contributed by atoms with E-state index in [2.05, 4.69) is 5.32 Å². The number of rotatable bonds is 5. The van der Waals surface area contributed by atoms with Crippen LogP contribution in [0.3, 0.4) is 0 Å². The average Bonchev–Trinajstić information content (AvgIpc) is 2.28. The van der Waals surface area contributed by atoms with Gasteiger partial charge in [0.15, 0.2) is 6.29 Å². The van der Waals surface area contributed by atoms with E-state index in [0.29, 0.717) is 6.07 Å². The van der Waals surface area contributed by atoms with Gasteiger partial charge in [-0.25, -0.2) is 0 Å². The van der Waals surface area contributed by atoms with E-state index in [-0.39, 0.29) is 11.7 Å². The molecule has 1 N–H and O–H groups in total. The number of hydrogen-bond donors (Lipinski definition) is 1. The minimum Gasteiger partial charge on any atom is -0.382 e. The predicted octanol–water partition coefficient (Wildman–Crippen LogP) is 2.71. The first-order chi connectivity index (χ1) is 8.27. The molecular formula is C11H12F2N2O3. The summed E-state index contributed by atoms with van der Waals surface area (Å²) in [5.41, 5.74) is -1.17. The van der Waals surface area contributed by atoms with Crippen molar-refractivity contribution in [1.82, 2.24) is 0 Å². The molecule has 0 aromatic heterocycles. The topological polar surface area (TPSA) is 72.2 Å². The summed E-state index contributed by atoms with van der Waals surface area (Å²) in [6.45, 7) is 3.45. The van der Waals surface area contributed by atoms with Crippen LogP contribution in [0.2, 0.25) is 0 Å². The molecule has 0 saturated carbocycles. The van der Waals surface area contributed by atoms with Gasteiger partial charge in [0.25, 0.3) is 5.69 Å². The second-order valence-electron chi connectivity index (χ2n) is 4.03. The van der Waals surface area contributed by atoms with Crippen molar-refractivity contribution in [1.29, 1.82) is 0 Å². The Kier molecular flexibility index (Phi) is 3.95. The van der Waals surface area contributed by atoms with Crippen molar-refractivity contribution in [3.63, 3.8) is 0 Å². The van der Waals surface area contributed by atoms with Gasteiger partial charge in [-0.1, -0.05) is 0 Å². The van der Waals surface area contributed by atoms with E-state index in [4.69, 9.17) is 0 Å². The molecule has 0 spiro atoms. The van der Waals surface area contributed by atoms with E-state index in [1.165, 1.54) is 6.07 Å². The maximum atomic E-state index is 13.4. The summed E-state index contributed by atoms with van der Waals surface area (Å²) in [7, 11) is 0. The second kappa shape index (κ2) is 5.07. The van der Waals surface area contributed by atoms with Crippen LogP contribution < -0.4 is 5.32 Å². The first kappa shape index (κ1) is 14.0. The number of alkyl halides is 2. The highest BCUT2D eigenvalue weighted by molar-refractivity contribution is 5.71. The molecule has 0 aliphatic rings. The maximum Gasteiger partial charge on any atom is 0.329 e. The van der Waals surface area contributed by atoms with Gasteiger partial charge in [0, 0.05) is 23.9 Å². The van der Waals surface area contributed by atoms with Gasteiger partial charge in [-0.05, 0) is 19.9 Å². The van der Waals surface area contributed by atoms with E-state index in [9.17, 15) is 23.7 Å². The molecule has 1 rings (SSSR count). The van der Waals surface area contributed by atoms with Gasteiger partial charge in [0.1, 0.15) is 0 Å². The van der Waals surface area contributed by atoms with E-state index in [1.54, 1.807) is 13.8 Å². The largest absolute Gasteiger partial charge is 0.382 e. The molecule has 98 valence electrons. The van der Waals surface area contributed by atoms with Gasteiger partial charge >= 0.3 is 5.92 Å². The summed E-state index contributed by atoms with van der Waals surface area (Å²) in [4.78, 5) is 20.2. The molecule has 1 aromatic carbocycles. The summed E-state index contributed by atoms with van der Waals surface area (Å²) in [5.74, 6) is -3.76. The van der Waals surface area contributed by atoms with Crippen molar-refractivity contribution in [2.45, 2.75) is 25.8 Å². The van der Waals surface area contributed by atoms with Crippen molar-refractivity contribution in [2.24, 2.45) is 0 Å². The summed E-state index contributed by atoms with van der Waals surface area (Å²) < 4.78 is 26.8.